The average Bonchev–Trinajstić information content (AvgIpc) is 2.53. The summed E-state index contributed by atoms with van der Waals surface area (Å²) in [6.45, 7) is 3.65. The fourth-order valence-corrected chi connectivity index (χ4v) is 2.16. The van der Waals surface area contributed by atoms with Gasteiger partial charge < -0.3 is 14.7 Å². The summed E-state index contributed by atoms with van der Waals surface area (Å²) < 4.78 is 4.57. The fourth-order valence-electron chi connectivity index (χ4n) is 2.16. The summed E-state index contributed by atoms with van der Waals surface area (Å²) >= 11 is 0. The first-order valence-corrected chi connectivity index (χ1v) is 6.71. The first-order chi connectivity index (χ1) is 10.1. The third-order valence-corrected chi connectivity index (χ3v) is 3.38. The number of carbonyl (C=O) groups is 2. The predicted octanol–water partition coefficient (Wildman–Crippen LogP) is -0.140. The molecule has 1 fully saturated rings. The number of aliphatic carboxylic acids is 1. The number of ether oxygens (including phenoxy) is 1. The number of methoxy groups -OCH3 is 1. The second kappa shape index (κ2) is 6.98. The summed E-state index contributed by atoms with van der Waals surface area (Å²) in [7, 11) is 1.30. The molecule has 0 unspecified atom stereocenters. The zero-order chi connectivity index (χ0) is 15.2. The first-order valence-electron chi connectivity index (χ1n) is 6.71. The lowest BCUT2D eigenvalue weighted by Gasteiger charge is -2.34. The van der Waals surface area contributed by atoms with E-state index in [-0.39, 0.29) is 12.1 Å². The van der Waals surface area contributed by atoms with Crippen LogP contribution in [0.5, 0.6) is 0 Å². The van der Waals surface area contributed by atoms with Crippen LogP contribution in [-0.2, 0) is 9.53 Å². The number of carboxylic acids is 1. The molecule has 1 aliphatic rings. The number of esters is 1. The Morgan fingerprint density at radius 2 is 1.95 bits per heavy atom. The van der Waals surface area contributed by atoms with E-state index in [2.05, 4.69) is 24.7 Å². The molecule has 0 amide bonds. The van der Waals surface area contributed by atoms with E-state index in [0.717, 1.165) is 26.2 Å². The molecule has 0 aliphatic carbocycles. The van der Waals surface area contributed by atoms with Gasteiger partial charge in [-0.3, -0.25) is 9.69 Å². The van der Waals surface area contributed by atoms with Gasteiger partial charge in [-0.2, -0.15) is 0 Å². The Hall–Kier alpha value is -2.22. The molecular formula is C13H18N4O4. The van der Waals surface area contributed by atoms with Crippen LogP contribution >= 0.6 is 0 Å². The summed E-state index contributed by atoms with van der Waals surface area (Å²) in [5, 5.41) is 16.6. The Morgan fingerprint density at radius 3 is 2.48 bits per heavy atom. The van der Waals surface area contributed by atoms with Crippen LogP contribution in [0.3, 0.4) is 0 Å². The zero-order valence-corrected chi connectivity index (χ0v) is 11.9. The molecule has 0 aromatic carbocycles. The maximum atomic E-state index is 11.3. The molecule has 1 aromatic rings. The molecule has 114 valence electrons. The third-order valence-electron chi connectivity index (χ3n) is 3.38. The van der Waals surface area contributed by atoms with E-state index in [0.29, 0.717) is 12.4 Å². The van der Waals surface area contributed by atoms with Crippen LogP contribution in [-0.4, -0.2) is 72.0 Å². The van der Waals surface area contributed by atoms with Crippen molar-refractivity contribution in [1.29, 1.82) is 0 Å². The van der Waals surface area contributed by atoms with Gasteiger partial charge in [0.2, 0.25) is 0 Å². The van der Waals surface area contributed by atoms with Crippen molar-refractivity contribution >= 4 is 17.8 Å². The second-order valence-electron chi connectivity index (χ2n) is 4.74. The average molecular weight is 294 g/mol. The smallest absolute Gasteiger partial charge is 0.358 e. The van der Waals surface area contributed by atoms with Gasteiger partial charge in [0.1, 0.15) is 0 Å². The monoisotopic (exact) mass is 294 g/mol. The maximum Gasteiger partial charge on any atom is 0.358 e. The second-order valence-corrected chi connectivity index (χ2v) is 4.74. The van der Waals surface area contributed by atoms with Crippen molar-refractivity contribution in [1.82, 2.24) is 15.1 Å². The zero-order valence-electron chi connectivity index (χ0n) is 11.9. The molecule has 1 N–H and O–H groups in total. The third kappa shape index (κ3) is 4.12. The van der Waals surface area contributed by atoms with Gasteiger partial charge in [0.05, 0.1) is 13.5 Å². The number of carbonyl (C=O) groups excluding carboxylic acids is 1. The van der Waals surface area contributed by atoms with Gasteiger partial charge in [-0.15, -0.1) is 10.2 Å². The highest BCUT2D eigenvalue weighted by Crippen LogP contribution is 2.13. The van der Waals surface area contributed by atoms with Crippen LogP contribution in [0.15, 0.2) is 12.1 Å². The predicted molar refractivity (Wildman–Crippen MR) is 74.3 cm³/mol. The standard InChI is InChI=1S/C13H18N4O4/c1-21-13(20)10-2-3-11(15-14-10)17-8-6-16(7-9-17)5-4-12(18)19/h2-3H,4-9H2,1H3,(H,18,19). The van der Waals surface area contributed by atoms with E-state index in [1.807, 2.05) is 0 Å². The SMILES string of the molecule is COC(=O)c1ccc(N2CCN(CCC(=O)O)CC2)nn1. The van der Waals surface area contributed by atoms with Crippen LogP contribution < -0.4 is 4.90 Å². The lowest BCUT2D eigenvalue weighted by atomic mass is 10.3. The van der Waals surface area contributed by atoms with Crippen molar-refractivity contribution in [2.45, 2.75) is 6.42 Å². The Labute approximate surface area is 122 Å². The number of carboxylic acid groups (broad SMARTS) is 1. The van der Waals surface area contributed by atoms with Crippen molar-refractivity contribution in [3.05, 3.63) is 17.8 Å². The van der Waals surface area contributed by atoms with Crippen LogP contribution in [0.4, 0.5) is 5.82 Å². The van der Waals surface area contributed by atoms with Crippen molar-refractivity contribution in [3.8, 4) is 0 Å². The number of rotatable bonds is 5. The van der Waals surface area contributed by atoms with Gasteiger partial charge in [-0.1, -0.05) is 0 Å². The van der Waals surface area contributed by atoms with Crippen LogP contribution in [0, 0.1) is 0 Å². The largest absolute Gasteiger partial charge is 0.481 e. The Kier molecular flexibility index (Phi) is 5.04. The molecule has 0 atom stereocenters. The minimum absolute atomic E-state index is 0.160. The highest BCUT2D eigenvalue weighted by Gasteiger charge is 2.19. The van der Waals surface area contributed by atoms with Crippen molar-refractivity contribution in [2.75, 3.05) is 44.7 Å². The topological polar surface area (TPSA) is 95.9 Å². The van der Waals surface area contributed by atoms with E-state index < -0.39 is 11.9 Å². The van der Waals surface area contributed by atoms with Gasteiger partial charge in [0.25, 0.3) is 0 Å². The molecule has 1 saturated heterocycles. The summed E-state index contributed by atoms with van der Waals surface area (Å²) in [5.74, 6) is -0.574. The molecule has 0 saturated carbocycles. The molecule has 8 nitrogen and oxygen atoms in total. The van der Waals surface area contributed by atoms with Crippen molar-refractivity contribution < 1.29 is 19.4 Å². The summed E-state index contributed by atoms with van der Waals surface area (Å²) in [4.78, 5) is 26.0. The quantitative estimate of drug-likeness (QED) is 0.750. The Morgan fingerprint density at radius 1 is 1.24 bits per heavy atom. The maximum absolute atomic E-state index is 11.3. The van der Waals surface area contributed by atoms with Gasteiger partial charge in [0.15, 0.2) is 11.5 Å². The molecule has 2 heterocycles. The Balaban J connectivity index is 1.87. The van der Waals surface area contributed by atoms with E-state index in [1.165, 1.54) is 7.11 Å². The Bertz CT molecular complexity index is 497. The minimum atomic E-state index is -0.776. The van der Waals surface area contributed by atoms with Gasteiger partial charge in [-0.25, -0.2) is 4.79 Å². The normalized spacial score (nSPS) is 15.8. The summed E-state index contributed by atoms with van der Waals surface area (Å²) in [6, 6.07) is 3.33. The van der Waals surface area contributed by atoms with E-state index in [4.69, 9.17) is 5.11 Å². The fraction of sp³-hybridized carbons (Fsp3) is 0.538. The lowest BCUT2D eigenvalue weighted by molar-refractivity contribution is -0.137. The van der Waals surface area contributed by atoms with Gasteiger partial charge in [0, 0.05) is 32.7 Å². The highest BCUT2D eigenvalue weighted by molar-refractivity contribution is 5.86. The molecule has 2 rings (SSSR count). The molecule has 21 heavy (non-hydrogen) atoms. The van der Waals surface area contributed by atoms with Crippen molar-refractivity contribution in [3.63, 3.8) is 0 Å². The van der Waals surface area contributed by atoms with Gasteiger partial charge >= 0.3 is 11.9 Å². The van der Waals surface area contributed by atoms with Crippen LogP contribution in [0.25, 0.3) is 0 Å². The van der Waals surface area contributed by atoms with Crippen LogP contribution in [0.2, 0.25) is 0 Å². The van der Waals surface area contributed by atoms with E-state index >= 15 is 0 Å². The summed E-state index contributed by atoms with van der Waals surface area (Å²) in [5.41, 5.74) is 0.182. The molecule has 8 heteroatoms. The number of aromatic nitrogens is 2. The summed E-state index contributed by atoms with van der Waals surface area (Å²) in [6.07, 6.45) is 0.160. The first kappa shape index (κ1) is 15.2. The highest BCUT2D eigenvalue weighted by atomic mass is 16.5. The molecular weight excluding hydrogens is 276 g/mol. The van der Waals surface area contributed by atoms with E-state index in [1.54, 1.807) is 12.1 Å². The number of hydrogen-bond donors (Lipinski definition) is 1. The van der Waals surface area contributed by atoms with E-state index in [9.17, 15) is 9.59 Å². The van der Waals surface area contributed by atoms with Crippen LogP contribution in [0.1, 0.15) is 16.9 Å². The van der Waals surface area contributed by atoms with Crippen molar-refractivity contribution in [2.24, 2.45) is 0 Å². The molecule has 0 bridgehead atoms. The minimum Gasteiger partial charge on any atom is -0.481 e. The molecule has 0 radical (unpaired) electrons. The molecule has 1 aromatic heterocycles. The number of piperazine rings is 1. The number of nitrogens with zero attached hydrogens (tertiary/aromatic N) is 4. The number of hydrogen-bond acceptors (Lipinski definition) is 7. The van der Waals surface area contributed by atoms with Gasteiger partial charge in [-0.05, 0) is 12.1 Å². The lowest BCUT2D eigenvalue weighted by Crippen LogP contribution is -2.47. The molecule has 0 spiro atoms. The number of anilines is 1. The molecule has 1 aliphatic heterocycles.